The number of non-ortho nitro benzene ring substituents is 1. The summed E-state index contributed by atoms with van der Waals surface area (Å²) in [6.45, 7) is 1.23. The first kappa shape index (κ1) is 20.9. The van der Waals surface area contributed by atoms with Crippen LogP contribution in [-0.4, -0.2) is 30.5 Å². The van der Waals surface area contributed by atoms with Gasteiger partial charge in [-0.3, -0.25) is 19.9 Å². The molecular formula is C17H13BrN6O6. The van der Waals surface area contributed by atoms with Crippen LogP contribution in [0.4, 0.5) is 17.2 Å². The van der Waals surface area contributed by atoms with Gasteiger partial charge in [-0.05, 0) is 39.9 Å². The van der Waals surface area contributed by atoms with E-state index < -0.39 is 21.6 Å². The molecule has 0 fully saturated rings. The van der Waals surface area contributed by atoms with Crippen LogP contribution in [0.5, 0.6) is 11.5 Å². The molecule has 12 nitrogen and oxygen atoms in total. The van der Waals surface area contributed by atoms with Gasteiger partial charge < -0.3 is 20.2 Å². The summed E-state index contributed by atoms with van der Waals surface area (Å²) >= 11 is 3.07. The zero-order valence-corrected chi connectivity index (χ0v) is 16.9. The molecule has 1 N–H and O–H groups in total. The molecule has 0 unspecified atom stereocenters. The average molecular weight is 477 g/mol. The molecule has 0 bridgehead atoms. The fourth-order valence-corrected chi connectivity index (χ4v) is 2.91. The molecule has 0 saturated heterocycles. The van der Waals surface area contributed by atoms with E-state index in [1.54, 1.807) is 25.3 Å². The van der Waals surface area contributed by atoms with E-state index in [1.807, 2.05) is 0 Å². The number of aromatic nitrogens is 3. The number of anilines is 1. The Morgan fingerprint density at radius 1 is 1.23 bits per heavy atom. The smallest absolute Gasteiger partial charge is 0.404 e. The van der Waals surface area contributed by atoms with Crippen molar-refractivity contribution in [3.8, 4) is 11.5 Å². The van der Waals surface area contributed by atoms with E-state index in [4.69, 9.17) is 4.74 Å². The fraction of sp³-hybridized carbons (Fsp3) is 0.118. The molecule has 2 aromatic heterocycles. The van der Waals surface area contributed by atoms with Gasteiger partial charge in [0.15, 0.2) is 0 Å². The Morgan fingerprint density at radius 3 is 2.60 bits per heavy atom. The highest BCUT2D eigenvalue weighted by Crippen LogP contribution is 2.30. The Hall–Kier alpha value is -3.87. The Labute approximate surface area is 176 Å². The molecule has 3 aromatic rings. The van der Waals surface area contributed by atoms with Gasteiger partial charge >= 0.3 is 5.82 Å². The summed E-state index contributed by atoms with van der Waals surface area (Å²) in [5, 5.41) is 28.5. The van der Waals surface area contributed by atoms with E-state index in [0.717, 1.165) is 4.68 Å². The van der Waals surface area contributed by atoms with Crippen LogP contribution in [-0.2, 0) is 11.3 Å². The summed E-state index contributed by atoms with van der Waals surface area (Å²) in [5.74, 6) is -0.514. The highest BCUT2D eigenvalue weighted by molar-refractivity contribution is 9.10. The van der Waals surface area contributed by atoms with Crippen LogP contribution in [0.1, 0.15) is 5.69 Å². The molecule has 0 aliphatic carbocycles. The molecule has 13 heteroatoms. The molecule has 0 atom stereocenters. The highest BCUT2D eigenvalue weighted by atomic mass is 79.9. The number of halogens is 1. The summed E-state index contributed by atoms with van der Waals surface area (Å²) in [4.78, 5) is 37.2. The number of nitro benzene ring substituents is 1. The number of carbonyl (C=O) groups is 1. The van der Waals surface area contributed by atoms with Crippen molar-refractivity contribution in [2.24, 2.45) is 0 Å². The van der Waals surface area contributed by atoms with Crippen molar-refractivity contribution in [1.82, 2.24) is 14.8 Å². The molecule has 30 heavy (non-hydrogen) atoms. The van der Waals surface area contributed by atoms with Crippen molar-refractivity contribution in [2.45, 2.75) is 13.5 Å². The lowest BCUT2D eigenvalue weighted by Gasteiger charge is -2.09. The topological polar surface area (TPSA) is 155 Å². The normalized spacial score (nSPS) is 10.5. The number of nitro groups is 2. The lowest BCUT2D eigenvalue weighted by Crippen LogP contribution is -2.20. The van der Waals surface area contributed by atoms with Crippen molar-refractivity contribution in [3.63, 3.8) is 0 Å². The predicted molar refractivity (Wildman–Crippen MR) is 107 cm³/mol. The number of rotatable bonds is 7. The number of amides is 1. The molecule has 0 saturated carbocycles. The summed E-state index contributed by atoms with van der Waals surface area (Å²) in [7, 11) is 0. The molecule has 0 aliphatic rings. The lowest BCUT2D eigenvalue weighted by molar-refractivity contribution is -0.390. The third-order valence-electron chi connectivity index (χ3n) is 3.84. The van der Waals surface area contributed by atoms with Crippen molar-refractivity contribution in [3.05, 3.63) is 73.1 Å². The fourth-order valence-electron chi connectivity index (χ4n) is 2.48. The van der Waals surface area contributed by atoms with Crippen LogP contribution < -0.4 is 10.1 Å². The maximum absolute atomic E-state index is 12.4. The molecule has 0 radical (unpaired) electrons. The number of carbonyl (C=O) groups excluding carboxylic acids is 1. The molecule has 0 spiro atoms. The Kier molecular flexibility index (Phi) is 6.01. The van der Waals surface area contributed by atoms with Gasteiger partial charge in [0.2, 0.25) is 5.91 Å². The molecule has 0 aliphatic heterocycles. The van der Waals surface area contributed by atoms with Crippen LogP contribution in [0.3, 0.4) is 0 Å². The number of pyridine rings is 1. The Balaban J connectivity index is 1.81. The second-order valence-corrected chi connectivity index (χ2v) is 6.74. The van der Waals surface area contributed by atoms with Gasteiger partial charge in [-0.25, -0.2) is 0 Å². The summed E-state index contributed by atoms with van der Waals surface area (Å²) < 4.78 is 6.88. The summed E-state index contributed by atoms with van der Waals surface area (Å²) in [6, 6.07) is 7.05. The predicted octanol–water partition coefficient (Wildman–Crippen LogP) is 3.60. The van der Waals surface area contributed by atoms with Gasteiger partial charge in [0.25, 0.3) is 5.69 Å². The second-order valence-electron chi connectivity index (χ2n) is 5.95. The minimum Gasteiger partial charge on any atom is -0.455 e. The SMILES string of the molecule is Cc1c(Br)c([N+](=O)[O-])nn1CC(=O)Nc1cc(Oc2cccnc2)cc([N+](=O)[O-])c1. The molecular weight excluding hydrogens is 464 g/mol. The number of nitrogens with one attached hydrogen (secondary N) is 1. The quantitative estimate of drug-likeness (QED) is 0.400. The van der Waals surface area contributed by atoms with Crippen LogP contribution in [0.15, 0.2) is 47.2 Å². The first-order chi connectivity index (χ1) is 14.2. The number of ether oxygens (including phenoxy) is 1. The minimum atomic E-state index is -0.673. The van der Waals surface area contributed by atoms with Gasteiger partial charge in [-0.15, -0.1) is 0 Å². The van der Waals surface area contributed by atoms with Gasteiger partial charge in [-0.2, -0.15) is 4.68 Å². The van der Waals surface area contributed by atoms with E-state index in [0.29, 0.717) is 11.4 Å². The van der Waals surface area contributed by atoms with E-state index in [2.05, 4.69) is 31.3 Å². The van der Waals surface area contributed by atoms with E-state index in [9.17, 15) is 25.0 Å². The van der Waals surface area contributed by atoms with E-state index in [1.165, 1.54) is 24.4 Å². The number of hydrogen-bond donors (Lipinski definition) is 1. The van der Waals surface area contributed by atoms with Crippen molar-refractivity contribution in [2.75, 3.05) is 5.32 Å². The van der Waals surface area contributed by atoms with Gasteiger partial charge in [-0.1, -0.05) is 0 Å². The highest BCUT2D eigenvalue weighted by Gasteiger charge is 2.24. The zero-order valence-electron chi connectivity index (χ0n) is 15.3. The van der Waals surface area contributed by atoms with Gasteiger partial charge in [0, 0.05) is 18.3 Å². The third-order valence-corrected chi connectivity index (χ3v) is 4.77. The lowest BCUT2D eigenvalue weighted by atomic mass is 10.2. The third kappa shape index (κ3) is 4.75. The van der Waals surface area contributed by atoms with Crippen molar-refractivity contribution < 1.29 is 19.4 Å². The van der Waals surface area contributed by atoms with E-state index >= 15 is 0 Å². The molecule has 1 aromatic carbocycles. The Morgan fingerprint density at radius 2 is 2.00 bits per heavy atom. The van der Waals surface area contributed by atoms with Crippen LogP contribution >= 0.6 is 15.9 Å². The second kappa shape index (κ2) is 8.65. The maximum Gasteiger partial charge on any atom is 0.404 e. The number of benzene rings is 1. The van der Waals surface area contributed by atoms with Crippen LogP contribution in [0.2, 0.25) is 0 Å². The molecule has 2 heterocycles. The number of nitrogens with zero attached hydrogens (tertiary/aromatic N) is 5. The molecule has 1 amide bonds. The summed E-state index contributed by atoms with van der Waals surface area (Å²) in [5.41, 5.74) is 0.211. The first-order valence-electron chi connectivity index (χ1n) is 8.29. The molecule has 154 valence electrons. The standard InChI is InChI=1S/C17H13BrN6O6/c1-10-16(18)17(24(28)29)21-22(10)9-15(25)20-11-5-12(23(26)27)7-14(6-11)30-13-3-2-4-19-8-13/h2-8H,9H2,1H3,(H,20,25). The van der Waals surface area contributed by atoms with Gasteiger partial charge in [0.1, 0.15) is 22.5 Å². The van der Waals surface area contributed by atoms with Crippen LogP contribution in [0.25, 0.3) is 0 Å². The largest absolute Gasteiger partial charge is 0.455 e. The van der Waals surface area contributed by atoms with Crippen molar-refractivity contribution in [1.29, 1.82) is 0 Å². The van der Waals surface area contributed by atoms with Crippen LogP contribution in [0, 0.1) is 27.2 Å². The maximum atomic E-state index is 12.4. The molecule has 3 rings (SSSR count). The Bertz CT molecular complexity index is 1130. The minimum absolute atomic E-state index is 0.117. The van der Waals surface area contributed by atoms with Gasteiger partial charge in [0.05, 0.1) is 33.7 Å². The number of hydrogen-bond acceptors (Lipinski definition) is 8. The average Bonchev–Trinajstić information content (AvgIpc) is 2.97. The van der Waals surface area contributed by atoms with E-state index in [-0.39, 0.29) is 28.1 Å². The van der Waals surface area contributed by atoms with Crippen molar-refractivity contribution >= 4 is 39.0 Å². The zero-order chi connectivity index (χ0) is 21.8. The summed E-state index contributed by atoms with van der Waals surface area (Å²) in [6.07, 6.45) is 2.98. The first-order valence-corrected chi connectivity index (χ1v) is 9.08. The monoisotopic (exact) mass is 476 g/mol.